The largest absolute Gasteiger partial charge is 0.493 e. The Hall–Kier alpha value is -1.83. The minimum Gasteiger partial charge on any atom is -0.493 e. The van der Waals surface area contributed by atoms with Crippen LogP contribution in [0.2, 0.25) is 0 Å². The van der Waals surface area contributed by atoms with Gasteiger partial charge in [0.2, 0.25) is 5.91 Å². The molecule has 3 heterocycles. The highest BCUT2D eigenvalue weighted by atomic mass is 16.5. The van der Waals surface area contributed by atoms with Gasteiger partial charge in [0.25, 0.3) is 0 Å². The van der Waals surface area contributed by atoms with Gasteiger partial charge in [-0.1, -0.05) is 6.07 Å². The Morgan fingerprint density at radius 3 is 2.76 bits per heavy atom. The fourth-order valence-electron chi connectivity index (χ4n) is 4.83. The van der Waals surface area contributed by atoms with Crippen LogP contribution in [-0.4, -0.2) is 80.9 Å². The summed E-state index contributed by atoms with van der Waals surface area (Å²) in [6, 6.07) is 6.13. The molecule has 3 aliphatic rings. The van der Waals surface area contributed by atoms with Crippen LogP contribution < -0.4 is 14.8 Å². The fraction of sp³-hybridized carbons (Fsp3) is 0.682. The molecule has 1 N–H and O–H groups in total. The van der Waals surface area contributed by atoms with Crippen molar-refractivity contribution in [3.63, 3.8) is 0 Å². The van der Waals surface area contributed by atoms with E-state index in [0.717, 1.165) is 95.2 Å². The second-order valence-corrected chi connectivity index (χ2v) is 8.20. The number of piperidine rings is 1. The van der Waals surface area contributed by atoms with Gasteiger partial charge in [-0.3, -0.25) is 14.6 Å². The van der Waals surface area contributed by atoms with Gasteiger partial charge in [-0.2, -0.15) is 0 Å². The lowest BCUT2D eigenvalue weighted by Gasteiger charge is -2.40. The SMILES string of the molecule is COc1ccc(CN2CCCC23CCCNC3=O)cc1OCCN1CCOCC1. The smallest absolute Gasteiger partial charge is 0.240 e. The summed E-state index contributed by atoms with van der Waals surface area (Å²) in [5.74, 6) is 1.73. The second kappa shape index (κ2) is 9.32. The molecule has 7 heteroatoms. The van der Waals surface area contributed by atoms with Crippen molar-refractivity contribution >= 4 is 5.91 Å². The molecule has 0 radical (unpaired) electrons. The molecule has 4 rings (SSSR count). The number of likely N-dealkylation sites (tertiary alicyclic amines) is 1. The number of hydrogen-bond acceptors (Lipinski definition) is 6. The quantitative estimate of drug-likeness (QED) is 0.747. The van der Waals surface area contributed by atoms with Gasteiger partial charge in [0.1, 0.15) is 12.1 Å². The van der Waals surface area contributed by atoms with E-state index in [-0.39, 0.29) is 11.4 Å². The highest BCUT2D eigenvalue weighted by Gasteiger charge is 2.48. The van der Waals surface area contributed by atoms with Crippen LogP contribution in [0.3, 0.4) is 0 Å². The number of nitrogens with zero attached hydrogens (tertiary/aromatic N) is 2. The van der Waals surface area contributed by atoms with Crippen LogP contribution in [0, 0.1) is 0 Å². The van der Waals surface area contributed by atoms with Gasteiger partial charge in [0.05, 0.1) is 20.3 Å². The molecule has 1 aromatic carbocycles. The van der Waals surface area contributed by atoms with Gasteiger partial charge in [0, 0.05) is 32.7 Å². The van der Waals surface area contributed by atoms with E-state index in [9.17, 15) is 4.79 Å². The molecular weight excluding hydrogens is 370 g/mol. The Kier molecular flexibility index (Phi) is 6.57. The molecular formula is C22H33N3O4. The predicted molar refractivity (Wildman–Crippen MR) is 110 cm³/mol. The van der Waals surface area contributed by atoms with Crippen LogP contribution in [0.25, 0.3) is 0 Å². The number of hydrogen-bond donors (Lipinski definition) is 1. The second-order valence-electron chi connectivity index (χ2n) is 8.20. The summed E-state index contributed by atoms with van der Waals surface area (Å²) in [5, 5.41) is 3.08. The maximum Gasteiger partial charge on any atom is 0.240 e. The molecule has 1 aromatic rings. The normalized spacial score (nSPS) is 25.9. The maximum atomic E-state index is 12.7. The highest BCUT2D eigenvalue weighted by Crippen LogP contribution is 2.37. The maximum absolute atomic E-state index is 12.7. The van der Waals surface area contributed by atoms with Gasteiger partial charge in [-0.05, 0) is 49.9 Å². The number of nitrogens with one attached hydrogen (secondary N) is 1. The van der Waals surface area contributed by atoms with E-state index in [2.05, 4.69) is 27.2 Å². The third-order valence-electron chi connectivity index (χ3n) is 6.47. The molecule has 1 unspecified atom stereocenters. The lowest BCUT2D eigenvalue weighted by Crippen LogP contribution is -2.58. The Balaban J connectivity index is 1.41. The van der Waals surface area contributed by atoms with Gasteiger partial charge < -0.3 is 19.5 Å². The minimum atomic E-state index is -0.324. The average molecular weight is 404 g/mol. The molecule has 1 amide bonds. The first-order valence-corrected chi connectivity index (χ1v) is 10.8. The van der Waals surface area contributed by atoms with Crippen molar-refractivity contribution in [3.8, 4) is 11.5 Å². The first-order chi connectivity index (χ1) is 14.2. The molecule has 0 aromatic heterocycles. The monoisotopic (exact) mass is 403 g/mol. The summed E-state index contributed by atoms with van der Waals surface area (Å²) in [6.45, 7) is 7.54. The molecule has 29 heavy (non-hydrogen) atoms. The summed E-state index contributed by atoms with van der Waals surface area (Å²) >= 11 is 0. The zero-order valence-electron chi connectivity index (χ0n) is 17.5. The number of benzene rings is 1. The van der Waals surface area contributed by atoms with Gasteiger partial charge in [-0.15, -0.1) is 0 Å². The Morgan fingerprint density at radius 1 is 1.14 bits per heavy atom. The van der Waals surface area contributed by atoms with Crippen LogP contribution in [0.4, 0.5) is 0 Å². The van der Waals surface area contributed by atoms with Crippen molar-refractivity contribution in [1.29, 1.82) is 0 Å². The number of rotatable bonds is 7. The number of amides is 1. The van der Waals surface area contributed by atoms with E-state index in [1.54, 1.807) is 7.11 Å². The molecule has 1 atom stereocenters. The highest BCUT2D eigenvalue weighted by molar-refractivity contribution is 5.87. The van der Waals surface area contributed by atoms with Crippen LogP contribution in [0.5, 0.6) is 11.5 Å². The van der Waals surface area contributed by atoms with E-state index in [1.165, 1.54) is 0 Å². The Labute approximate surface area is 173 Å². The fourth-order valence-corrected chi connectivity index (χ4v) is 4.83. The molecule has 7 nitrogen and oxygen atoms in total. The van der Waals surface area contributed by atoms with Gasteiger partial charge in [-0.25, -0.2) is 0 Å². The van der Waals surface area contributed by atoms with Crippen molar-refractivity contribution in [3.05, 3.63) is 23.8 Å². The summed E-state index contributed by atoms with van der Waals surface area (Å²) in [4.78, 5) is 17.4. The van der Waals surface area contributed by atoms with E-state index in [4.69, 9.17) is 14.2 Å². The zero-order valence-corrected chi connectivity index (χ0v) is 17.5. The summed E-state index contributed by atoms with van der Waals surface area (Å²) in [7, 11) is 1.67. The van der Waals surface area contributed by atoms with Crippen molar-refractivity contribution < 1.29 is 19.0 Å². The Bertz CT molecular complexity index is 707. The van der Waals surface area contributed by atoms with E-state index < -0.39 is 0 Å². The molecule has 160 valence electrons. The lowest BCUT2D eigenvalue weighted by atomic mass is 9.86. The summed E-state index contributed by atoms with van der Waals surface area (Å²) in [5.41, 5.74) is 0.835. The third kappa shape index (κ3) is 4.52. The number of carbonyl (C=O) groups is 1. The van der Waals surface area contributed by atoms with Crippen molar-refractivity contribution in [2.45, 2.75) is 37.8 Å². The van der Waals surface area contributed by atoms with Crippen LogP contribution in [0.15, 0.2) is 18.2 Å². The number of ether oxygens (including phenoxy) is 3. The van der Waals surface area contributed by atoms with E-state index >= 15 is 0 Å². The average Bonchev–Trinajstić information content (AvgIpc) is 3.14. The molecule has 3 fully saturated rings. The van der Waals surface area contributed by atoms with Crippen molar-refractivity contribution in [2.75, 3.05) is 59.7 Å². The topological polar surface area (TPSA) is 63.3 Å². The molecule has 3 saturated heterocycles. The third-order valence-corrected chi connectivity index (χ3v) is 6.47. The van der Waals surface area contributed by atoms with Crippen molar-refractivity contribution in [2.24, 2.45) is 0 Å². The van der Waals surface area contributed by atoms with Gasteiger partial charge >= 0.3 is 0 Å². The van der Waals surface area contributed by atoms with Crippen LogP contribution in [0.1, 0.15) is 31.2 Å². The molecule has 0 bridgehead atoms. The number of morpholine rings is 1. The first-order valence-electron chi connectivity index (χ1n) is 10.8. The summed E-state index contributed by atoms with van der Waals surface area (Å²) < 4.78 is 17.0. The van der Waals surface area contributed by atoms with Gasteiger partial charge in [0.15, 0.2) is 11.5 Å². The predicted octanol–water partition coefficient (Wildman–Crippen LogP) is 1.65. The van der Waals surface area contributed by atoms with E-state index in [1.807, 2.05) is 6.07 Å². The summed E-state index contributed by atoms with van der Waals surface area (Å²) in [6.07, 6.45) is 4.04. The standard InChI is InChI=1S/C22H33N3O4/c1-27-19-5-4-18(16-20(19)29-15-12-24-10-13-28-14-11-24)17-25-9-3-7-22(25)6-2-8-23-21(22)26/h4-5,16H,2-3,6-15,17H2,1H3,(H,23,26). The molecule has 3 aliphatic heterocycles. The lowest BCUT2D eigenvalue weighted by molar-refractivity contribution is -0.134. The molecule has 0 aliphatic carbocycles. The molecule has 0 saturated carbocycles. The number of carbonyl (C=O) groups excluding carboxylic acids is 1. The minimum absolute atomic E-state index is 0.205. The van der Waals surface area contributed by atoms with Crippen LogP contribution >= 0.6 is 0 Å². The van der Waals surface area contributed by atoms with Crippen molar-refractivity contribution in [1.82, 2.24) is 15.1 Å². The zero-order chi connectivity index (χ0) is 20.1. The molecule has 1 spiro atoms. The number of methoxy groups -OCH3 is 1. The van der Waals surface area contributed by atoms with Crippen LogP contribution in [-0.2, 0) is 16.1 Å². The first kappa shape index (κ1) is 20.4. The van der Waals surface area contributed by atoms with E-state index in [0.29, 0.717) is 6.61 Å². The Morgan fingerprint density at radius 2 is 1.97 bits per heavy atom.